The summed E-state index contributed by atoms with van der Waals surface area (Å²) in [4.78, 5) is 0. The number of hydrogen-bond donors (Lipinski definition) is 2. The summed E-state index contributed by atoms with van der Waals surface area (Å²) in [6, 6.07) is 11.7. The Morgan fingerprint density at radius 2 is 1.90 bits per heavy atom. The van der Waals surface area contributed by atoms with Crippen LogP contribution in [0, 0.1) is 0 Å². The van der Waals surface area contributed by atoms with E-state index in [9.17, 15) is 0 Å². The molecule has 0 aliphatic carbocycles. The maximum atomic E-state index is 9.01. The molecular formula is C16H19NO4. The third-order valence-electron chi connectivity index (χ3n) is 3.13. The van der Waals surface area contributed by atoms with Crippen LogP contribution in [0.15, 0.2) is 41.6 Å². The molecule has 2 N–H and O–H groups in total. The lowest BCUT2D eigenvalue weighted by Crippen LogP contribution is -2.11. The number of aliphatic hydroxyl groups excluding tert-OH is 1. The quantitative estimate of drug-likeness (QED) is 0.355. The Labute approximate surface area is 123 Å². The Morgan fingerprint density at radius 3 is 2.67 bits per heavy atom. The van der Waals surface area contributed by atoms with Crippen LogP contribution in [0.5, 0.6) is 5.75 Å². The molecule has 0 heterocycles. The van der Waals surface area contributed by atoms with Gasteiger partial charge in [0.2, 0.25) is 0 Å². The Kier molecular flexibility index (Phi) is 5.54. The Balaban J connectivity index is 2.28. The average molecular weight is 289 g/mol. The molecule has 0 amide bonds. The van der Waals surface area contributed by atoms with Gasteiger partial charge in [0.15, 0.2) is 0 Å². The molecule has 0 bridgehead atoms. The molecule has 0 atom stereocenters. The molecule has 0 spiro atoms. The monoisotopic (exact) mass is 289 g/mol. The summed E-state index contributed by atoms with van der Waals surface area (Å²) in [6.07, 6.45) is 0. The number of rotatable bonds is 7. The summed E-state index contributed by atoms with van der Waals surface area (Å²) in [5.74, 6) is 0.677. The maximum absolute atomic E-state index is 9.01. The van der Waals surface area contributed by atoms with Gasteiger partial charge in [0.25, 0.3) is 0 Å². The topological polar surface area (TPSA) is 71.3 Å². The number of ether oxygens (including phenoxy) is 2. The number of nitrogens with zero attached hydrogens (tertiary/aromatic N) is 1. The first kappa shape index (κ1) is 15.3. The lowest BCUT2D eigenvalue weighted by Gasteiger charge is -2.14. The highest BCUT2D eigenvalue weighted by atomic mass is 16.5. The third kappa shape index (κ3) is 3.71. The minimum Gasteiger partial charge on any atom is -0.490 e. The second-order valence-electron chi connectivity index (χ2n) is 4.53. The molecule has 0 saturated heterocycles. The Bertz CT molecular complexity index is 625. The van der Waals surface area contributed by atoms with E-state index in [0.717, 1.165) is 16.3 Å². The Hall–Kier alpha value is -2.11. The molecule has 0 unspecified atom stereocenters. The predicted molar refractivity (Wildman–Crippen MR) is 81.3 cm³/mol. The maximum Gasteiger partial charge on any atom is 0.136 e. The van der Waals surface area contributed by atoms with Crippen molar-refractivity contribution in [2.45, 2.75) is 6.92 Å². The van der Waals surface area contributed by atoms with E-state index in [1.165, 1.54) is 0 Å². The summed E-state index contributed by atoms with van der Waals surface area (Å²) in [5.41, 5.74) is 1.24. The van der Waals surface area contributed by atoms with Crippen molar-refractivity contribution in [2.75, 3.05) is 26.4 Å². The van der Waals surface area contributed by atoms with Crippen molar-refractivity contribution >= 4 is 16.5 Å². The highest BCUT2D eigenvalue weighted by Crippen LogP contribution is 2.30. The van der Waals surface area contributed by atoms with Crippen molar-refractivity contribution in [1.82, 2.24) is 0 Å². The molecule has 5 heteroatoms. The first-order valence-electron chi connectivity index (χ1n) is 6.80. The van der Waals surface area contributed by atoms with Crippen LogP contribution in [0.3, 0.4) is 0 Å². The number of fused-ring (bicyclic) bond motifs is 1. The van der Waals surface area contributed by atoms with Crippen LogP contribution in [0.1, 0.15) is 12.5 Å². The number of benzene rings is 2. The molecule has 0 radical (unpaired) electrons. The number of hydrogen-bond acceptors (Lipinski definition) is 5. The SMILES string of the molecule is C/C(=N/O)c1ccc2ccccc2c1OCCOCCO. The zero-order valence-corrected chi connectivity index (χ0v) is 12.0. The minimum atomic E-state index is -0.00417. The van der Waals surface area contributed by atoms with Gasteiger partial charge in [-0.25, -0.2) is 0 Å². The summed E-state index contributed by atoms with van der Waals surface area (Å²) in [5, 5.41) is 22.9. The van der Waals surface area contributed by atoms with Gasteiger partial charge in [-0.1, -0.05) is 35.5 Å². The molecule has 21 heavy (non-hydrogen) atoms. The van der Waals surface area contributed by atoms with E-state index in [0.29, 0.717) is 31.3 Å². The number of aliphatic hydroxyl groups is 1. The molecular weight excluding hydrogens is 270 g/mol. The van der Waals surface area contributed by atoms with Crippen LogP contribution in [-0.4, -0.2) is 42.5 Å². The van der Waals surface area contributed by atoms with Gasteiger partial charge in [0, 0.05) is 10.9 Å². The van der Waals surface area contributed by atoms with Crippen LogP contribution in [-0.2, 0) is 4.74 Å². The van der Waals surface area contributed by atoms with Gasteiger partial charge in [0.1, 0.15) is 12.4 Å². The van der Waals surface area contributed by atoms with Crippen LogP contribution in [0.2, 0.25) is 0 Å². The molecule has 2 aromatic rings. The fourth-order valence-corrected chi connectivity index (χ4v) is 2.11. The van der Waals surface area contributed by atoms with Gasteiger partial charge >= 0.3 is 0 Å². The standard InChI is InChI=1S/C16H19NO4/c1-12(17-19)14-7-6-13-4-2-3-5-15(13)16(14)21-11-10-20-9-8-18/h2-7,18-19H,8-11H2,1H3/b17-12-. The smallest absolute Gasteiger partial charge is 0.136 e. The lowest BCUT2D eigenvalue weighted by molar-refractivity contribution is 0.0708. The van der Waals surface area contributed by atoms with Gasteiger partial charge in [-0.2, -0.15) is 0 Å². The highest BCUT2D eigenvalue weighted by Gasteiger charge is 2.11. The summed E-state index contributed by atoms with van der Waals surface area (Å²) < 4.78 is 11.0. The van der Waals surface area contributed by atoms with Gasteiger partial charge < -0.3 is 19.8 Å². The molecule has 0 aromatic heterocycles. The molecule has 0 aliphatic heterocycles. The van der Waals surface area contributed by atoms with Crippen molar-refractivity contribution < 1.29 is 19.8 Å². The fourth-order valence-electron chi connectivity index (χ4n) is 2.11. The molecule has 2 rings (SSSR count). The zero-order chi connectivity index (χ0) is 15.1. The Morgan fingerprint density at radius 1 is 1.10 bits per heavy atom. The highest BCUT2D eigenvalue weighted by molar-refractivity contribution is 6.06. The van der Waals surface area contributed by atoms with Crippen molar-refractivity contribution in [3.05, 3.63) is 42.0 Å². The molecule has 5 nitrogen and oxygen atoms in total. The van der Waals surface area contributed by atoms with E-state index in [1.807, 2.05) is 36.4 Å². The first-order chi connectivity index (χ1) is 10.3. The molecule has 0 aliphatic rings. The largest absolute Gasteiger partial charge is 0.490 e. The number of oxime groups is 1. The second-order valence-corrected chi connectivity index (χ2v) is 4.53. The fraction of sp³-hybridized carbons (Fsp3) is 0.312. The molecule has 2 aromatic carbocycles. The van der Waals surface area contributed by atoms with E-state index in [-0.39, 0.29) is 6.61 Å². The van der Waals surface area contributed by atoms with Gasteiger partial charge in [-0.3, -0.25) is 0 Å². The second kappa shape index (κ2) is 7.61. The van der Waals surface area contributed by atoms with Gasteiger partial charge in [-0.15, -0.1) is 0 Å². The van der Waals surface area contributed by atoms with Crippen molar-refractivity contribution in [3.8, 4) is 5.75 Å². The first-order valence-corrected chi connectivity index (χ1v) is 6.80. The third-order valence-corrected chi connectivity index (χ3v) is 3.13. The van der Waals surface area contributed by atoms with Crippen molar-refractivity contribution in [1.29, 1.82) is 0 Å². The van der Waals surface area contributed by atoms with Crippen LogP contribution >= 0.6 is 0 Å². The lowest BCUT2D eigenvalue weighted by atomic mass is 10.0. The van der Waals surface area contributed by atoms with Crippen LogP contribution < -0.4 is 4.74 Å². The normalized spacial score (nSPS) is 11.8. The van der Waals surface area contributed by atoms with Crippen LogP contribution in [0.25, 0.3) is 10.8 Å². The van der Waals surface area contributed by atoms with Crippen molar-refractivity contribution in [3.63, 3.8) is 0 Å². The van der Waals surface area contributed by atoms with Gasteiger partial charge in [0.05, 0.1) is 25.5 Å². The summed E-state index contributed by atoms with van der Waals surface area (Å²) in [7, 11) is 0. The van der Waals surface area contributed by atoms with Gasteiger partial charge in [-0.05, 0) is 18.4 Å². The predicted octanol–water partition coefficient (Wildman–Crippen LogP) is 2.43. The minimum absolute atomic E-state index is 0.00417. The summed E-state index contributed by atoms with van der Waals surface area (Å²) >= 11 is 0. The van der Waals surface area contributed by atoms with E-state index < -0.39 is 0 Å². The molecule has 0 fully saturated rings. The average Bonchev–Trinajstić information content (AvgIpc) is 2.53. The summed E-state index contributed by atoms with van der Waals surface area (Å²) in [6.45, 7) is 2.76. The zero-order valence-electron chi connectivity index (χ0n) is 12.0. The van der Waals surface area contributed by atoms with E-state index >= 15 is 0 Å². The van der Waals surface area contributed by atoms with Crippen LogP contribution in [0.4, 0.5) is 0 Å². The molecule has 112 valence electrons. The molecule has 0 saturated carbocycles. The van der Waals surface area contributed by atoms with Crippen molar-refractivity contribution in [2.24, 2.45) is 5.16 Å². The van der Waals surface area contributed by atoms with E-state index in [1.54, 1.807) is 6.92 Å². The van der Waals surface area contributed by atoms with E-state index in [4.69, 9.17) is 19.8 Å². The van der Waals surface area contributed by atoms with E-state index in [2.05, 4.69) is 5.16 Å².